The Morgan fingerprint density at radius 3 is 2.61 bits per heavy atom. The van der Waals surface area contributed by atoms with E-state index in [1.54, 1.807) is 14.0 Å². The van der Waals surface area contributed by atoms with E-state index < -0.39 is 17.5 Å². The van der Waals surface area contributed by atoms with Crippen molar-refractivity contribution in [3.05, 3.63) is 15.9 Å². The van der Waals surface area contributed by atoms with E-state index in [2.05, 4.69) is 10.3 Å². The summed E-state index contributed by atoms with van der Waals surface area (Å²) < 4.78 is 37.2. The van der Waals surface area contributed by atoms with Crippen LogP contribution in [0.4, 0.5) is 24.8 Å². The number of aryl methyl sites for hydroxylation is 1. The lowest BCUT2D eigenvalue weighted by Crippen LogP contribution is -2.12. The van der Waals surface area contributed by atoms with Gasteiger partial charge in [0.2, 0.25) is 11.6 Å². The van der Waals surface area contributed by atoms with E-state index in [0.29, 0.717) is 5.82 Å². The van der Waals surface area contributed by atoms with Crippen LogP contribution in [0.1, 0.15) is 18.7 Å². The summed E-state index contributed by atoms with van der Waals surface area (Å²) in [4.78, 5) is 13.7. The van der Waals surface area contributed by atoms with Crippen LogP contribution in [0.3, 0.4) is 0 Å². The molecule has 0 bridgehead atoms. The summed E-state index contributed by atoms with van der Waals surface area (Å²) in [6.07, 6.45) is -5.29. The largest absolute Gasteiger partial charge is 0.406 e. The molecule has 0 amide bonds. The summed E-state index contributed by atoms with van der Waals surface area (Å²) in [7, 11) is 1.56. The molecule has 0 unspecified atom stereocenters. The molecular formula is C9H13F3N4O2. The van der Waals surface area contributed by atoms with Crippen LogP contribution in [0.5, 0.6) is 0 Å². The molecule has 0 radical (unpaired) electrons. The standard InChI is InChI=1S/C9H13F3N4O2/c1-6-14-8(16(17)18)7(15(6)2)13-5-3-4-9(10,11)12/h13H,3-5H2,1-2H3. The minimum Gasteiger partial charge on any atom is -0.364 e. The molecule has 102 valence electrons. The number of anilines is 1. The normalized spacial score (nSPS) is 11.6. The highest BCUT2D eigenvalue weighted by Crippen LogP contribution is 2.25. The van der Waals surface area contributed by atoms with Crippen molar-refractivity contribution in [1.29, 1.82) is 0 Å². The average Bonchev–Trinajstić information content (AvgIpc) is 2.50. The second-order valence-corrected chi connectivity index (χ2v) is 3.79. The first-order valence-corrected chi connectivity index (χ1v) is 5.20. The third-order valence-electron chi connectivity index (χ3n) is 2.40. The Bertz CT molecular complexity index is 442. The predicted molar refractivity (Wildman–Crippen MR) is 58.4 cm³/mol. The number of imidazole rings is 1. The van der Waals surface area contributed by atoms with E-state index in [9.17, 15) is 23.3 Å². The molecule has 1 N–H and O–H groups in total. The first-order valence-electron chi connectivity index (χ1n) is 5.20. The van der Waals surface area contributed by atoms with Crippen LogP contribution in [0.15, 0.2) is 0 Å². The molecule has 0 aliphatic rings. The number of alkyl halides is 3. The molecule has 0 atom stereocenters. The fourth-order valence-electron chi connectivity index (χ4n) is 1.41. The first kappa shape index (κ1) is 14.3. The second kappa shape index (κ2) is 5.23. The molecule has 1 aromatic rings. The monoisotopic (exact) mass is 266 g/mol. The van der Waals surface area contributed by atoms with Gasteiger partial charge >= 0.3 is 12.0 Å². The van der Waals surface area contributed by atoms with Crippen molar-refractivity contribution >= 4 is 11.6 Å². The Labute approximate surface area is 101 Å². The number of rotatable bonds is 5. The minimum absolute atomic E-state index is 0.000671. The van der Waals surface area contributed by atoms with Gasteiger partial charge in [-0.25, -0.2) is 0 Å². The highest BCUT2D eigenvalue weighted by Gasteiger charge is 2.27. The molecule has 0 saturated carbocycles. The third-order valence-corrected chi connectivity index (χ3v) is 2.40. The number of nitro groups is 1. The molecule has 1 aromatic heterocycles. The molecular weight excluding hydrogens is 253 g/mol. The van der Waals surface area contributed by atoms with Gasteiger partial charge in [-0.1, -0.05) is 0 Å². The molecule has 9 heteroatoms. The smallest absolute Gasteiger partial charge is 0.364 e. The maximum absolute atomic E-state index is 11.9. The topological polar surface area (TPSA) is 73.0 Å². The maximum Gasteiger partial charge on any atom is 0.406 e. The highest BCUT2D eigenvalue weighted by molar-refractivity contribution is 5.53. The van der Waals surface area contributed by atoms with Gasteiger partial charge < -0.3 is 15.4 Å². The van der Waals surface area contributed by atoms with E-state index in [0.717, 1.165) is 0 Å². The fourth-order valence-corrected chi connectivity index (χ4v) is 1.41. The van der Waals surface area contributed by atoms with Crippen LogP contribution in [0.25, 0.3) is 0 Å². The zero-order valence-corrected chi connectivity index (χ0v) is 9.91. The van der Waals surface area contributed by atoms with Gasteiger partial charge in [0.1, 0.15) is 0 Å². The molecule has 0 saturated heterocycles. The van der Waals surface area contributed by atoms with E-state index in [1.807, 2.05) is 0 Å². The summed E-state index contributed by atoms with van der Waals surface area (Å²) in [6, 6.07) is 0. The Hall–Kier alpha value is -1.80. The fraction of sp³-hybridized carbons (Fsp3) is 0.667. The van der Waals surface area contributed by atoms with Crippen LogP contribution < -0.4 is 5.32 Å². The van der Waals surface area contributed by atoms with Crippen molar-refractivity contribution in [2.75, 3.05) is 11.9 Å². The van der Waals surface area contributed by atoms with Gasteiger partial charge in [-0.15, -0.1) is 0 Å². The van der Waals surface area contributed by atoms with Crippen molar-refractivity contribution in [2.24, 2.45) is 7.05 Å². The summed E-state index contributed by atoms with van der Waals surface area (Å²) in [5.74, 6) is 0.168. The lowest BCUT2D eigenvalue weighted by molar-refractivity contribution is -0.388. The number of nitrogens with zero attached hydrogens (tertiary/aromatic N) is 3. The predicted octanol–water partition coefficient (Wildman–Crippen LogP) is 2.39. The number of aromatic nitrogens is 2. The zero-order chi connectivity index (χ0) is 13.9. The molecule has 1 rings (SSSR count). The van der Waals surface area contributed by atoms with Gasteiger partial charge in [0.25, 0.3) is 0 Å². The van der Waals surface area contributed by atoms with Gasteiger partial charge in [-0.3, -0.25) is 4.57 Å². The van der Waals surface area contributed by atoms with Crippen molar-refractivity contribution in [3.8, 4) is 0 Å². The van der Waals surface area contributed by atoms with Gasteiger partial charge in [0.15, 0.2) is 0 Å². The van der Waals surface area contributed by atoms with E-state index in [-0.39, 0.29) is 24.6 Å². The average molecular weight is 266 g/mol. The van der Waals surface area contributed by atoms with Crippen LogP contribution in [0, 0.1) is 17.0 Å². The quantitative estimate of drug-likeness (QED) is 0.504. The molecule has 0 aromatic carbocycles. The molecule has 0 fully saturated rings. The molecule has 0 spiro atoms. The maximum atomic E-state index is 11.9. The van der Waals surface area contributed by atoms with E-state index >= 15 is 0 Å². The van der Waals surface area contributed by atoms with E-state index in [4.69, 9.17) is 0 Å². The molecule has 0 aliphatic heterocycles. The minimum atomic E-state index is -4.21. The number of hydrogen-bond acceptors (Lipinski definition) is 4. The van der Waals surface area contributed by atoms with Crippen molar-refractivity contribution < 1.29 is 18.1 Å². The Morgan fingerprint density at radius 1 is 1.50 bits per heavy atom. The van der Waals surface area contributed by atoms with Crippen molar-refractivity contribution in [3.63, 3.8) is 0 Å². The van der Waals surface area contributed by atoms with Crippen LogP contribution >= 0.6 is 0 Å². The molecule has 6 nitrogen and oxygen atoms in total. The first-order chi connectivity index (χ1) is 8.22. The number of nitrogens with one attached hydrogen (secondary N) is 1. The van der Waals surface area contributed by atoms with Gasteiger partial charge in [-0.05, 0) is 16.3 Å². The Balaban J connectivity index is 2.64. The Kier molecular flexibility index (Phi) is 4.15. The van der Waals surface area contributed by atoms with Gasteiger partial charge in [-0.2, -0.15) is 13.2 Å². The van der Waals surface area contributed by atoms with Gasteiger partial charge in [0, 0.05) is 26.9 Å². The van der Waals surface area contributed by atoms with Crippen LogP contribution in [-0.4, -0.2) is 27.2 Å². The summed E-state index contributed by atoms with van der Waals surface area (Å²) >= 11 is 0. The Morgan fingerprint density at radius 2 is 2.11 bits per heavy atom. The van der Waals surface area contributed by atoms with Crippen LogP contribution in [-0.2, 0) is 7.05 Å². The molecule has 18 heavy (non-hydrogen) atoms. The SMILES string of the molecule is Cc1nc([N+](=O)[O-])c(NCCCC(F)(F)F)n1C. The molecule has 1 heterocycles. The summed E-state index contributed by atoms with van der Waals surface area (Å²) in [6.45, 7) is 1.58. The highest BCUT2D eigenvalue weighted by atomic mass is 19.4. The summed E-state index contributed by atoms with van der Waals surface area (Å²) in [5, 5.41) is 13.3. The molecule has 0 aliphatic carbocycles. The second-order valence-electron chi connectivity index (χ2n) is 3.79. The summed E-state index contributed by atoms with van der Waals surface area (Å²) in [5.41, 5.74) is 0. The lowest BCUT2D eigenvalue weighted by atomic mass is 10.3. The van der Waals surface area contributed by atoms with Crippen LogP contribution in [0.2, 0.25) is 0 Å². The van der Waals surface area contributed by atoms with Crippen molar-refractivity contribution in [1.82, 2.24) is 9.55 Å². The third kappa shape index (κ3) is 3.60. The number of halogens is 3. The van der Waals surface area contributed by atoms with Gasteiger partial charge in [0.05, 0.1) is 0 Å². The lowest BCUT2D eigenvalue weighted by Gasteiger charge is -2.08. The van der Waals surface area contributed by atoms with Crippen molar-refractivity contribution in [2.45, 2.75) is 25.9 Å². The van der Waals surface area contributed by atoms with E-state index in [1.165, 1.54) is 4.57 Å². The zero-order valence-electron chi connectivity index (χ0n) is 9.91. The number of hydrogen-bond donors (Lipinski definition) is 1.